The van der Waals surface area contributed by atoms with Gasteiger partial charge >= 0.3 is 0 Å². The molecule has 1 aromatic heterocycles. The summed E-state index contributed by atoms with van der Waals surface area (Å²) in [5, 5.41) is 12.0. The maximum atomic E-state index is 14.0. The van der Waals surface area contributed by atoms with Crippen molar-refractivity contribution in [2.75, 3.05) is 18.1 Å². The van der Waals surface area contributed by atoms with Crippen LogP contribution in [0.3, 0.4) is 0 Å². The van der Waals surface area contributed by atoms with Crippen molar-refractivity contribution in [3.63, 3.8) is 0 Å². The average molecular weight is 442 g/mol. The van der Waals surface area contributed by atoms with Crippen LogP contribution in [0.5, 0.6) is 0 Å². The summed E-state index contributed by atoms with van der Waals surface area (Å²) in [5.41, 5.74) is 1.38. The molecule has 0 spiro atoms. The Labute approximate surface area is 164 Å². The summed E-state index contributed by atoms with van der Waals surface area (Å²) < 4.78 is 14.9. The summed E-state index contributed by atoms with van der Waals surface area (Å²) >= 11 is 4.81. The van der Waals surface area contributed by atoms with Crippen LogP contribution in [0.25, 0.3) is 0 Å². The van der Waals surface area contributed by atoms with Crippen molar-refractivity contribution < 1.29 is 14.3 Å². The third kappa shape index (κ3) is 4.88. The molecule has 1 amide bonds. The molecule has 0 aliphatic heterocycles. The van der Waals surface area contributed by atoms with Crippen LogP contribution in [0.2, 0.25) is 0 Å². The number of benzene rings is 1. The molecular weight excluding hydrogens is 421 g/mol. The van der Waals surface area contributed by atoms with Crippen molar-refractivity contribution >= 4 is 38.3 Å². The van der Waals surface area contributed by atoms with Gasteiger partial charge in [0.2, 0.25) is 5.91 Å². The second kappa shape index (κ2) is 8.56. The largest absolute Gasteiger partial charge is 0.395 e. The first-order valence-electron chi connectivity index (χ1n) is 8.49. The zero-order valence-electron chi connectivity index (χ0n) is 14.5. The second-order valence-electron chi connectivity index (χ2n) is 6.41. The highest BCUT2D eigenvalue weighted by Gasteiger charge is 2.33. The SMILES string of the molecule is CC(=O)N(c1nc(CN(CCO)Cc2cc(Br)ccc2F)cs1)C1CC1. The van der Waals surface area contributed by atoms with Crippen LogP contribution in [-0.2, 0) is 17.9 Å². The van der Waals surface area contributed by atoms with Gasteiger partial charge in [0.15, 0.2) is 5.13 Å². The second-order valence-corrected chi connectivity index (χ2v) is 8.16. The number of aliphatic hydroxyl groups excluding tert-OH is 1. The van der Waals surface area contributed by atoms with Gasteiger partial charge in [-0.15, -0.1) is 11.3 Å². The molecule has 1 heterocycles. The van der Waals surface area contributed by atoms with Gasteiger partial charge in [-0.1, -0.05) is 15.9 Å². The Balaban J connectivity index is 1.72. The standard InChI is InChI=1S/C18H21BrFN3O2S/c1-12(25)23(16-3-4-16)18-21-15(11-26-18)10-22(6-7-24)9-13-8-14(19)2-5-17(13)20/h2,5,8,11,16,24H,3-4,6-7,9-10H2,1H3. The third-order valence-corrected chi connectivity index (χ3v) is 5.58. The molecule has 1 saturated carbocycles. The molecule has 0 unspecified atom stereocenters. The predicted octanol–water partition coefficient (Wildman–Crippen LogP) is 3.55. The Morgan fingerprint density at radius 3 is 2.85 bits per heavy atom. The number of carbonyl (C=O) groups excluding carboxylic acids is 1. The highest BCUT2D eigenvalue weighted by atomic mass is 79.9. The number of hydrogen-bond acceptors (Lipinski definition) is 5. The molecular formula is C18H21BrFN3O2S. The van der Waals surface area contributed by atoms with E-state index in [0.29, 0.717) is 30.3 Å². The number of hydrogen-bond donors (Lipinski definition) is 1. The van der Waals surface area contributed by atoms with E-state index in [4.69, 9.17) is 0 Å². The number of carbonyl (C=O) groups is 1. The minimum Gasteiger partial charge on any atom is -0.395 e. The molecule has 1 fully saturated rings. The Morgan fingerprint density at radius 1 is 1.42 bits per heavy atom. The molecule has 8 heteroatoms. The predicted molar refractivity (Wildman–Crippen MR) is 104 cm³/mol. The van der Waals surface area contributed by atoms with Crippen molar-refractivity contribution in [3.8, 4) is 0 Å². The zero-order chi connectivity index (χ0) is 18.7. The first kappa shape index (κ1) is 19.4. The summed E-state index contributed by atoms with van der Waals surface area (Å²) in [5.74, 6) is -0.261. The summed E-state index contributed by atoms with van der Waals surface area (Å²) in [6.45, 7) is 2.82. The topological polar surface area (TPSA) is 56.7 Å². The molecule has 1 aromatic carbocycles. The smallest absolute Gasteiger partial charge is 0.225 e. The van der Waals surface area contributed by atoms with Crippen LogP contribution >= 0.6 is 27.3 Å². The van der Waals surface area contributed by atoms with Crippen LogP contribution in [0.1, 0.15) is 31.0 Å². The van der Waals surface area contributed by atoms with E-state index in [1.54, 1.807) is 24.0 Å². The molecule has 1 N–H and O–H groups in total. The Hall–Kier alpha value is -1.35. The van der Waals surface area contributed by atoms with E-state index in [0.717, 1.165) is 23.0 Å². The first-order valence-corrected chi connectivity index (χ1v) is 10.2. The normalized spacial score (nSPS) is 14.0. The van der Waals surface area contributed by atoms with Gasteiger partial charge in [-0.2, -0.15) is 0 Å². The summed E-state index contributed by atoms with van der Waals surface area (Å²) in [6, 6.07) is 5.11. The zero-order valence-corrected chi connectivity index (χ0v) is 16.9. The number of anilines is 1. The number of rotatable bonds is 8. The summed E-state index contributed by atoms with van der Waals surface area (Å²) in [4.78, 5) is 20.2. The first-order chi connectivity index (χ1) is 12.5. The molecule has 140 valence electrons. The fourth-order valence-electron chi connectivity index (χ4n) is 2.85. The molecule has 26 heavy (non-hydrogen) atoms. The van der Waals surface area contributed by atoms with Crippen LogP contribution in [0, 0.1) is 5.82 Å². The van der Waals surface area contributed by atoms with Crippen molar-refractivity contribution in [1.29, 1.82) is 0 Å². The monoisotopic (exact) mass is 441 g/mol. The van der Waals surface area contributed by atoms with Crippen molar-refractivity contribution in [2.45, 2.75) is 38.9 Å². The third-order valence-electron chi connectivity index (χ3n) is 4.20. The number of aromatic nitrogens is 1. The number of nitrogens with zero attached hydrogens (tertiary/aromatic N) is 3. The Bertz CT molecular complexity index is 782. The van der Waals surface area contributed by atoms with Crippen LogP contribution in [0.15, 0.2) is 28.1 Å². The Kier molecular flexibility index (Phi) is 6.39. The minimum absolute atomic E-state index is 0.0109. The van der Waals surface area contributed by atoms with Gasteiger partial charge in [0, 0.05) is 48.0 Å². The summed E-state index contributed by atoms with van der Waals surface area (Å²) in [7, 11) is 0. The lowest BCUT2D eigenvalue weighted by molar-refractivity contribution is -0.116. The Morgan fingerprint density at radius 2 is 2.19 bits per heavy atom. The van der Waals surface area contributed by atoms with E-state index in [-0.39, 0.29) is 24.4 Å². The van der Waals surface area contributed by atoms with Gasteiger partial charge in [-0.25, -0.2) is 9.37 Å². The van der Waals surface area contributed by atoms with Gasteiger partial charge in [0.25, 0.3) is 0 Å². The van der Waals surface area contributed by atoms with Gasteiger partial charge in [-0.05, 0) is 31.0 Å². The number of thiazole rings is 1. The van der Waals surface area contributed by atoms with E-state index < -0.39 is 0 Å². The number of amides is 1. The number of halogens is 2. The quantitative estimate of drug-likeness (QED) is 0.680. The van der Waals surface area contributed by atoms with Gasteiger partial charge in [0.05, 0.1) is 12.3 Å². The van der Waals surface area contributed by atoms with Gasteiger partial charge in [0.1, 0.15) is 5.82 Å². The highest BCUT2D eigenvalue weighted by Crippen LogP contribution is 2.33. The van der Waals surface area contributed by atoms with E-state index in [1.165, 1.54) is 17.4 Å². The van der Waals surface area contributed by atoms with Gasteiger partial charge in [-0.3, -0.25) is 14.6 Å². The van der Waals surface area contributed by atoms with Gasteiger partial charge < -0.3 is 5.11 Å². The van der Waals surface area contributed by atoms with E-state index >= 15 is 0 Å². The lowest BCUT2D eigenvalue weighted by atomic mass is 10.2. The van der Waals surface area contributed by atoms with Crippen LogP contribution in [0.4, 0.5) is 9.52 Å². The summed E-state index contributed by atoms with van der Waals surface area (Å²) in [6.07, 6.45) is 2.04. The fourth-order valence-corrected chi connectivity index (χ4v) is 4.19. The maximum absolute atomic E-state index is 14.0. The molecule has 3 rings (SSSR count). The molecule has 0 saturated heterocycles. The van der Waals surface area contributed by atoms with Crippen molar-refractivity contribution in [3.05, 3.63) is 45.1 Å². The van der Waals surface area contributed by atoms with Crippen molar-refractivity contribution in [2.24, 2.45) is 0 Å². The number of aliphatic hydroxyl groups is 1. The molecule has 1 aliphatic carbocycles. The van der Waals surface area contributed by atoms with Crippen molar-refractivity contribution in [1.82, 2.24) is 9.88 Å². The molecule has 1 aliphatic rings. The maximum Gasteiger partial charge on any atom is 0.225 e. The molecule has 0 bridgehead atoms. The van der Waals surface area contributed by atoms with Crippen LogP contribution in [-0.4, -0.2) is 40.1 Å². The highest BCUT2D eigenvalue weighted by molar-refractivity contribution is 9.10. The molecule has 5 nitrogen and oxygen atoms in total. The van der Waals surface area contributed by atoms with E-state index in [1.807, 2.05) is 10.3 Å². The van der Waals surface area contributed by atoms with Crippen LogP contribution < -0.4 is 4.90 Å². The average Bonchev–Trinajstić information content (AvgIpc) is 3.30. The van der Waals surface area contributed by atoms with E-state index in [9.17, 15) is 14.3 Å². The fraction of sp³-hybridized carbons (Fsp3) is 0.444. The van der Waals surface area contributed by atoms with E-state index in [2.05, 4.69) is 20.9 Å². The lowest BCUT2D eigenvalue weighted by Gasteiger charge is -2.21. The lowest BCUT2D eigenvalue weighted by Crippen LogP contribution is -2.30. The molecule has 0 radical (unpaired) electrons. The molecule has 0 atom stereocenters. The minimum atomic E-state index is -0.272. The molecule has 2 aromatic rings.